The summed E-state index contributed by atoms with van der Waals surface area (Å²) in [6, 6.07) is 12.1. The molecule has 0 aliphatic rings. The predicted octanol–water partition coefficient (Wildman–Crippen LogP) is 1.95. The average molecular weight is 410 g/mol. The van der Waals surface area contributed by atoms with Gasteiger partial charge in [-0.1, -0.05) is 35.9 Å². The van der Waals surface area contributed by atoms with E-state index in [1.807, 2.05) is 0 Å². The summed E-state index contributed by atoms with van der Waals surface area (Å²) < 4.78 is 24.9. The molecule has 0 unspecified atom stereocenters. The number of amides is 1. The Labute approximate surface area is 161 Å². The van der Waals surface area contributed by atoms with Gasteiger partial charge in [0.25, 0.3) is 5.91 Å². The van der Waals surface area contributed by atoms with Gasteiger partial charge >= 0.3 is 5.97 Å². The first-order chi connectivity index (χ1) is 12.7. The number of hydrogen-bond donors (Lipinski definition) is 2. The van der Waals surface area contributed by atoms with Crippen molar-refractivity contribution in [2.24, 2.45) is 5.10 Å². The second-order valence-electron chi connectivity index (χ2n) is 5.44. The molecule has 10 heteroatoms. The smallest absolute Gasteiger partial charge is 0.335 e. The third-order valence-electron chi connectivity index (χ3n) is 3.37. The largest absolute Gasteiger partial charge is 0.478 e. The summed E-state index contributed by atoms with van der Waals surface area (Å²) in [6.45, 7) is -0.502. The van der Waals surface area contributed by atoms with Crippen LogP contribution in [0.25, 0.3) is 0 Å². The van der Waals surface area contributed by atoms with E-state index in [0.29, 0.717) is 5.56 Å². The molecule has 0 fully saturated rings. The van der Waals surface area contributed by atoms with Crippen LogP contribution in [0.2, 0.25) is 5.02 Å². The lowest BCUT2D eigenvalue weighted by atomic mass is 10.1. The van der Waals surface area contributed by atoms with Gasteiger partial charge in [0, 0.05) is 0 Å². The number of sulfonamides is 1. The van der Waals surface area contributed by atoms with Crippen LogP contribution in [0.1, 0.15) is 15.9 Å². The van der Waals surface area contributed by atoms with Gasteiger partial charge in [-0.25, -0.2) is 18.6 Å². The van der Waals surface area contributed by atoms with Crippen LogP contribution in [0.15, 0.2) is 53.6 Å². The summed E-state index contributed by atoms with van der Waals surface area (Å²) in [6.07, 6.45) is 2.28. The summed E-state index contributed by atoms with van der Waals surface area (Å²) in [5.41, 5.74) is 3.10. The van der Waals surface area contributed by atoms with Gasteiger partial charge in [-0.2, -0.15) is 5.10 Å². The highest BCUT2D eigenvalue weighted by Gasteiger charge is 2.22. The van der Waals surface area contributed by atoms with Crippen molar-refractivity contribution in [3.8, 4) is 0 Å². The molecule has 142 valence electrons. The normalized spacial score (nSPS) is 11.3. The van der Waals surface area contributed by atoms with E-state index in [2.05, 4.69) is 10.5 Å². The fourth-order valence-electron chi connectivity index (χ4n) is 2.09. The second-order valence-corrected chi connectivity index (χ2v) is 7.76. The summed E-state index contributed by atoms with van der Waals surface area (Å²) in [7, 11) is -3.75. The highest BCUT2D eigenvalue weighted by molar-refractivity contribution is 7.92. The molecule has 0 atom stereocenters. The van der Waals surface area contributed by atoms with E-state index in [9.17, 15) is 18.0 Å². The van der Waals surface area contributed by atoms with E-state index in [1.165, 1.54) is 42.6 Å². The molecule has 27 heavy (non-hydrogen) atoms. The first kappa shape index (κ1) is 20.4. The number of carbonyl (C=O) groups excluding carboxylic acids is 1. The highest BCUT2D eigenvalue weighted by atomic mass is 35.5. The van der Waals surface area contributed by atoms with Gasteiger partial charge < -0.3 is 5.11 Å². The van der Waals surface area contributed by atoms with E-state index in [4.69, 9.17) is 16.7 Å². The van der Waals surface area contributed by atoms with Gasteiger partial charge in [0.2, 0.25) is 10.0 Å². The molecule has 0 radical (unpaired) electrons. The molecule has 8 nitrogen and oxygen atoms in total. The fourth-order valence-corrected chi connectivity index (χ4v) is 3.25. The summed E-state index contributed by atoms with van der Waals surface area (Å²) in [5.74, 6) is -1.72. The van der Waals surface area contributed by atoms with Gasteiger partial charge in [-0.05, 0) is 29.8 Å². The van der Waals surface area contributed by atoms with Crippen molar-refractivity contribution in [3.05, 3.63) is 64.7 Å². The molecule has 0 aromatic heterocycles. The predicted molar refractivity (Wildman–Crippen MR) is 103 cm³/mol. The number of benzene rings is 2. The van der Waals surface area contributed by atoms with Crippen LogP contribution >= 0.6 is 11.6 Å². The van der Waals surface area contributed by atoms with Crippen LogP contribution in [0.3, 0.4) is 0 Å². The zero-order chi connectivity index (χ0) is 20.0. The third kappa shape index (κ3) is 5.80. The van der Waals surface area contributed by atoms with Gasteiger partial charge in [-0.3, -0.25) is 9.10 Å². The standard InChI is InChI=1S/C17H16ClN3O5S/c1-27(25,26)21(15-5-3-2-4-14(15)18)11-16(22)20-19-10-12-6-8-13(9-7-12)17(23)24/h2-10H,11H2,1H3,(H,20,22)(H,23,24)/b19-10-. The number of carbonyl (C=O) groups is 2. The summed E-state index contributed by atoms with van der Waals surface area (Å²) >= 11 is 6.02. The van der Waals surface area contributed by atoms with E-state index >= 15 is 0 Å². The first-order valence-corrected chi connectivity index (χ1v) is 9.78. The van der Waals surface area contributed by atoms with Gasteiger partial charge in [0.15, 0.2) is 0 Å². The molecule has 0 saturated carbocycles. The fraction of sp³-hybridized carbons (Fsp3) is 0.118. The number of para-hydroxylation sites is 1. The molecule has 2 rings (SSSR count). The molecule has 0 bridgehead atoms. The molecule has 2 aromatic rings. The van der Waals surface area contributed by atoms with Crippen molar-refractivity contribution < 1.29 is 23.1 Å². The molecule has 2 aromatic carbocycles. The zero-order valence-corrected chi connectivity index (χ0v) is 15.7. The van der Waals surface area contributed by atoms with Gasteiger partial charge in [0.1, 0.15) is 6.54 Å². The number of carboxylic acid groups (broad SMARTS) is 1. The minimum atomic E-state index is -3.75. The average Bonchev–Trinajstić information content (AvgIpc) is 2.60. The molecule has 0 saturated heterocycles. The first-order valence-electron chi connectivity index (χ1n) is 7.56. The monoisotopic (exact) mass is 409 g/mol. The van der Waals surface area contributed by atoms with Crippen molar-refractivity contribution in [1.82, 2.24) is 5.43 Å². The number of nitrogens with one attached hydrogen (secondary N) is 1. The molecule has 0 spiro atoms. The minimum Gasteiger partial charge on any atom is -0.478 e. The summed E-state index contributed by atoms with van der Waals surface area (Å²) in [5, 5.41) is 12.8. The number of aromatic carboxylic acids is 1. The maximum absolute atomic E-state index is 12.1. The van der Waals surface area contributed by atoms with E-state index in [1.54, 1.807) is 12.1 Å². The zero-order valence-electron chi connectivity index (χ0n) is 14.2. The van der Waals surface area contributed by atoms with Crippen molar-refractivity contribution in [1.29, 1.82) is 0 Å². The van der Waals surface area contributed by atoms with Crippen LogP contribution in [0.5, 0.6) is 0 Å². The molecular weight excluding hydrogens is 394 g/mol. The number of halogens is 1. The Hall–Kier alpha value is -2.91. The van der Waals surface area contributed by atoms with Gasteiger partial charge in [0.05, 0.1) is 28.7 Å². The lowest BCUT2D eigenvalue weighted by Crippen LogP contribution is -2.39. The SMILES string of the molecule is CS(=O)(=O)N(CC(=O)N/N=C\c1ccc(C(=O)O)cc1)c1ccccc1Cl. The highest BCUT2D eigenvalue weighted by Crippen LogP contribution is 2.26. The summed E-state index contributed by atoms with van der Waals surface area (Å²) in [4.78, 5) is 22.9. The Kier molecular flexibility index (Phi) is 6.54. The van der Waals surface area contributed by atoms with E-state index < -0.39 is 28.4 Å². The molecule has 0 aliphatic carbocycles. The topological polar surface area (TPSA) is 116 Å². The number of nitrogens with zero attached hydrogens (tertiary/aromatic N) is 2. The number of hydrogen-bond acceptors (Lipinski definition) is 5. The second kappa shape index (κ2) is 8.65. The Balaban J connectivity index is 2.06. The van der Waals surface area contributed by atoms with E-state index in [-0.39, 0.29) is 16.3 Å². The van der Waals surface area contributed by atoms with Crippen molar-refractivity contribution in [2.45, 2.75) is 0 Å². The maximum atomic E-state index is 12.1. The van der Waals surface area contributed by atoms with Crippen molar-refractivity contribution in [3.63, 3.8) is 0 Å². The van der Waals surface area contributed by atoms with Gasteiger partial charge in [-0.15, -0.1) is 0 Å². The lowest BCUT2D eigenvalue weighted by Gasteiger charge is -2.22. The number of hydrazone groups is 1. The molecule has 0 heterocycles. The van der Waals surface area contributed by atoms with Crippen molar-refractivity contribution >= 4 is 45.4 Å². The molecule has 0 aliphatic heterocycles. The lowest BCUT2D eigenvalue weighted by molar-refractivity contribution is -0.119. The van der Waals surface area contributed by atoms with E-state index in [0.717, 1.165) is 10.6 Å². The minimum absolute atomic E-state index is 0.125. The van der Waals surface area contributed by atoms with Crippen LogP contribution in [0.4, 0.5) is 5.69 Å². The Morgan fingerprint density at radius 1 is 1.19 bits per heavy atom. The molecule has 2 N–H and O–H groups in total. The molecular formula is C17H16ClN3O5S. The maximum Gasteiger partial charge on any atom is 0.335 e. The third-order valence-corrected chi connectivity index (χ3v) is 4.82. The molecule has 1 amide bonds. The number of rotatable bonds is 7. The Bertz CT molecular complexity index is 974. The van der Waals surface area contributed by atoms with Crippen LogP contribution < -0.4 is 9.73 Å². The number of carboxylic acids is 1. The quantitative estimate of drug-likeness (QED) is 0.535. The van der Waals surface area contributed by atoms with Crippen molar-refractivity contribution in [2.75, 3.05) is 17.1 Å². The van der Waals surface area contributed by atoms with Crippen LogP contribution in [-0.2, 0) is 14.8 Å². The van der Waals surface area contributed by atoms with Crippen LogP contribution in [-0.4, -0.2) is 44.4 Å². The van der Waals surface area contributed by atoms with Crippen LogP contribution in [0, 0.1) is 0 Å². The Morgan fingerprint density at radius 2 is 1.81 bits per heavy atom. The Morgan fingerprint density at radius 3 is 2.37 bits per heavy atom. The number of anilines is 1.